The van der Waals surface area contributed by atoms with Gasteiger partial charge in [0, 0.05) is 18.0 Å². The highest BCUT2D eigenvalue weighted by Crippen LogP contribution is 2.03. The van der Waals surface area contributed by atoms with Crippen LogP contribution in [0.4, 0.5) is 0 Å². The Morgan fingerprint density at radius 3 is 2.77 bits per heavy atom. The molecule has 1 rings (SSSR count). The quantitative estimate of drug-likeness (QED) is 0.575. The van der Waals surface area contributed by atoms with Crippen LogP contribution in [0.2, 0.25) is 0 Å². The van der Waals surface area contributed by atoms with E-state index in [2.05, 4.69) is 29.1 Å². The number of hydrogen-bond donors (Lipinski definition) is 1. The van der Waals surface area contributed by atoms with Crippen LogP contribution < -0.4 is 0 Å². The van der Waals surface area contributed by atoms with Gasteiger partial charge in [-0.2, -0.15) is 12.6 Å². The number of ether oxygens (including phenoxy) is 1. The molecule has 4 heteroatoms. The summed E-state index contributed by atoms with van der Waals surface area (Å²) in [5.41, 5.74) is 2.31. The third-order valence-electron chi connectivity index (χ3n) is 2.06. The van der Waals surface area contributed by atoms with E-state index in [1.54, 1.807) is 0 Å². The molecule has 0 aliphatic carbocycles. The SMILES string of the molecule is Cc1ncn(CCOCCS)c1C. The standard InChI is InChI=1S/C9H16N2OS/c1-8-9(2)11(7-10-8)3-4-12-5-6-13/h7,13H,3-6H2,1-2H3. The predicted octanol–water partition coefficient (Wildman–Crippen LogP) is 1.45. The van der Waals surface area contributed by atoms with Crippen LogP contribution >= 0.6 is 12.6 Å². The van der Waals surface area contributed by atoms with Gasteiger partial charge in [-0.1, -0.05) is 0 Å². The minimum absolute atomic E-state index is 0.718. The second-order valence-electron chi connectivity index (χ2n) is 2.94. The lowest BCUT2D eigenvalue weighted by Gasteiger charge is -2.05. The van der Waals surface area contributed by atoms with Crippen LogP contribution in [0.3, 0.4) is 0 Å². The van der Waals surface area contributed by atoms with Crippen molar-refractivity contribution in [3.05, 3.63) is 17.7 Å². The summed E-state index contributed by atoms with van der Waals surface area (Å²) in [5, 5.41) is 0. The Bertz CT molecular complexity index is 260. The number of thiol groups is 1. The summed E-state index contributed by atoms with van der Waals surface area (Å²) in [6, 6.07) is 0. The molecule has 0 bridgehead atoms. The molecule has 0 fully saturated rings. The van der Waals surface area contributed by atoms with Crippen LogP contribution in [-0.2, 0) is 11.3 Å². The number of imidazole rings is 1. The summed E-state index contributed by atoms with van der Waals surface area (Å²) < 4.78 is 7.43. The molecule has 3 nitrogen and oxygen atoms in total. The van der Waals surface area contributed by atoms with Crippen molar-refractivity contribution in [3.8, 4) is 0 Å². The Hall–Kier alpha value is -0.480. The summed E-state index contributed by atoms with van der Waals surface area (Å²) in [4.78, 5) is 4.21. The molecule has 1 aromatic rings. The number of nitrogens with zero attached hydrogens (tertiary/aromatic N) is 2. The van der Waals surface area contributed by atoms with Crippen LogP contribution in [0.1, 0.15) is 11.4 Å². The molecule has 0 saturated carbocycles. The van der Waals surface area contributed by atoms with Crippen molar-refractivity contribution in [2.75, 3.05) is 19.0 Å². The first-order chi connectivity index (χ1) is 6.25. The van der Waals surface area contributed by atoms with E-state index >= 15 is 0 Å². The second-order valence-corrected chi connectivity index (χ2v) is 3.39. The molecule has 0 atom stereocenters. The van der Waals surface area contributed by atoms with E-state index in [9.17, 15) is 0 Å². The van der Waals surface area contributed by atoms with Gasteiger partial charge in [-0.15, -0.1) is 0 Å². The van der Waals surface area contributed by atoms with E-state index in [0.717, 1.165) is 31.2 Å². The van der Waals surface area contributed by atoms with Gasteiger partial charge in [0.1, 0.15) is 0 Å². The molecule has 0 aliphatic heterocycles. The Morgan fingerprint density at radius 1 is 1.46 bits per heavy atom. The normalized spacial score (nSPS) is 10.7. The molecule has 0 spiro atoms. The number of aryl methyl sites for hydroxylation is 1. The first kappa shape index (κ1) is 10.6. The topological polar surface area (TPSA) is 27.1 Å². The first-order valence-corrected chi connectivity index (χ1v) is 5.06. The van der Waals surface area contributed by atoms with Crippen LogP contribution in [0.15, 0.2) is 6.33 Å². The Balaban J connectivity index is 2.32. The van der Waals surface area contributed by atoms with Gasteiger partial charge in [0.25, 0.3) is 0 Å². The molecule has 0 amide bonds. The average molecular weight is 200 g/mol. The molecule has 0 unspecified atom stereocenters. The van der Waals surface area contributed by atoms with Crippen LogP contribution in [-0.4, -0.2) is 28.5 Å². The van der Waals surface area contributed by atoms with Gasteiger partial charge in [0.05, 0.1) is 25.2 Å². The molecular formula is C9H16N2OS. The Morgan fingerprint density at radius 2 is 2.23 bits per heavy atom. The van der Waals surface area contributed by atoms with Crippen LogP contribution in [0.5, 0.6) is 0 Å². The molecule has 0 aliphatic rings. The highest BCUT2D eigenvalue weighted by Gasteiger charge is 2.00. The van der Waals surface area contributed by atoms with Gasteiger partial charge >= 0.3 is 0 Å². The highest BCUT2D eigenvalue weighted by molar-refractivity contribution is 7.80. The number of rotatable bonds is 5. The van der Waals surface area contributed by atoms with Crippen molar-refractivity contribution in [1.29, 1.82) is 0 Å². The molecule has 74 valence electrons. The van der Waals surface area contributed by atoms with E-state index < -0.39 is 0 Å². The van der Waals surface area contributed by atoms with Gasteiger partial charge in [0.15, 0.2) is 0 Å². The molecule has 1 aromatic heterocycles. The Kier molecular flexibility index (Phi) is 4.32. The van der Waals surface area contributed by atoms with E-state index in [4.69, 9.17) is 4.74 Å². The molecule has 0 radical (unpaired) electrons. The monoisotopic (exact) mass is 200 g/mol. The third kappa shape index (κ3) is 3.04. The van der Waals surface area contributed by atoms with Gasteiger partial charge in [0.2, 0.25) is 0 Å². The third-order valence-corrected chi connectivity index (χ3v) is 2.24. The summed E-state index contributed by atoms with van der Waals surface area (Å²) in [7, 11) is 0. The average Bonchev–Trinajstić information content (AvgIpc) is 2.43. The van der Waals surface area contributed by atoms with Crippen molar-refractivity contribution < 1.29 is 4.74 Å². The number of aromatic nitrogens is 2. The van der Waals surface area contributed by atoms with Crippen molar-refractivity contribution in [2.24, 2.45) is 0 Å². The summed E-state index contributed by atoms with van der Waals surface area (Å²) in [6.07, 6.45) is 1.86. The number of hydrogen-bond acceptors (Lipinski definition) is 3. The zero-order valence-electron chi connectivity index (χ0n) is 8.16. The highest BCUT2D eigenvalue weighted by atomic mass is 32.1. The summed E-state index contributed by atoms with van der Waals surface area (Å²) >= 11 is 4.06. The summed E-state index contributed by atoms with van der Waals surface area (Å²) in [6.45, 7) is 6.41. The van der Waals surface area contributed by atoms with E-state index in [1.807, 2.05) is 13.3 Å². The maximum absolute atomic E-state index is 5.33. The Labute approximate surface area is 84.5 Å². The molecule has 1 heterocycles. The van der Waals surface area contributed by atoms with Gasteiger partial charge in [-0.05, 0) is 13.8 Å². The van der Waals surface area contributed by atoms with Crippen LogP contribution in [0, 0.1) is 13.8 Å². The fourth-order valence-electron chi connectivity index (χ4n) is 1.10. The van der Waals surface area contributed by atoms with E-state index in [1.165, 1.54) is 5.69 Å². The van der Waals surface area contributed by atoms with E-state index in [0.29, 0.717) is 0 Å². The lowest BCUT2D eigenvalue weighted by molar-refractivity contribution is 0.141. The van der Waals surface area contributed by atoms with Crippen molar-refractivity contribution in [2.45, 2.75) is 20.4 Å². The van der Waals surface area contributed by atoms with Crippen molar-refractivity contribution >= 4 is 12.6 Å². The molecular weight excluding hydrogens is 184 g/mol. The molecule has 0 aromatic carbocycles. The fraction of sp³-hybridized carbons (Fsp3) is 0.667. The van der Waals surface area contributed by atoms with Crippen molar-refractivity contribution in [1.82, 2.24) is 9.55 Å². The van der Waals surface area contributed by atoms with Gasteiger partial charge < -0.3 is 9.30 Å². The zero-order valence-corrected chi connectivity index (χ0v) is 9.05. The maximum atomic E-state index is 5.33. The molecule has 0 saturated heterocycles. The summed E-state index contributed by atoms with van der Waals surface area (Å²) in [5.74, 6) is 0.780. The smallest absolute Gasteiger partial charge is 0.0952 e. The van der Waals surface area contributed by atoms with Crippen LogP contribution in [0.25, 0.3) is 0 Å². The van der Waals surface area contributed by atoms with Gasteiger partial charge in [-0.3, -0.25) is 0 Å². The maximum Gasteiger partial charge on any atom is 0.0952 e. The lowest BCUT2D eigenvalue weighted by Crippen LogP contribution is -2.07. The van der Waals surface area contributed by atoms with E-state index in [-0.39, 0.29) is 0 Å². The predicted molar refractivity (Wildman–Crippen MR) is 56.4 cm³/mol. The molecule has 0 N–H and O–H groups in total. The zero-order chi connectivity index (χ0) is 9.68. The lowest BCUT2D eigenvalue weighted by atomic mass is 10.4. The van der Waals surface area contributed by atoms with Gasteiger partial charge in [-0.25, -0.2) is 4.98 Å². The first-order valence-electron chi connectivity index (χ1n) is 4.42. The van der Waals surface area contributed by atoms with Crippen molar-refractivity contribution in [3.63, 3.8) is 0 Å². The molecule has 13 heavy (non-hydrogen) atoms. The fourth-order valence-corrected chi connectivity index (χ4v) is 1.23. The second kappa shape index (κ2) is 5.29. The minimum Gasteiger partial charge on any atom is -0.379 e. The minimum atomic E-state index is 0.718. The largest absolute Gasteiger partial charge is 0.379 e.